The van der Waals surface area contributed by atoms with Crippen LogP contribution in [0.4, 0.5) is 11.5 Å². The number of pyridine rings is 1. The summed E-state index contributed by atoms with van der Waals surface area (Å²) in [5, 5.41) is 8.11. The lowest BCUT2D eigenvalue weighted by atomic mass is 10.1. The zero-order valence-electron chi connectivity index (χ0n) is 13.5. The molecule has 0 saturated heterocycles. The molecule has 0 unspecified atom stereocenters. The molecule has 1 amide bonds. The first-order valence-corrected chi connectivity index (χ1v) is 8.65. The highest BCUT2D eigenvalue weighted by Crippen LogP contribution is 2.13. The third-order valence-electron chi connectivity index (χ3n) is 3.56. The molecule has 4 nitrogen and oxygen atoms in total. The van der Waals surface area contributed by atoms with Crippen LogP contribution < -0.4 is 10.6 Å². The van der Waals surface area contributed by atoms with Crippen molar-refractivity contribution in [2.24, 2.45) is 0 Å². The second-order valence-electron chi connectivity index (χ2n) is 5.58. The van der Waals surface area contributed by atoms with Crippen molar-refractivity contribution in [1.29, 1.82) is 0 Å². The van der Waals surface area contributed by atoms with Gasteiger partial charge in [-0.3, -0.25) is 4.79 Å². The predicted molar refractivity (Wildman–Crippen MR) is 99.4 cm³/mol. The third kappa shape index (κ3) is 4.67. The van der Waals surface area contributed by atoms with E-state index in [4.69, 9.17) is 0 Å². The number of benzene rings is 1. The highest BCUT2D eigenvalue weighted by atomic mass is 32.1. The van der Waals surface area contributed by atoms with E-state index >= 15 is 0 Å². The Labute approximate surface area is 145 Å². The Kier molecular flexibility index (Phi) is 5.23. The number of hydrogen-bond acceptors (Lipinski definition) is 4. The fourth-order valence-corrected chi connectivity index (χ4v) is 2.94. The molecular formula is C19H19N3OS. The molecule has 5 heteroatoms. The van der Waals surface area contributed by atoms with E-state index < -0.39 is 0 Å². The molecular weight excluding hydrogens is 318 g/mol. The van der Waals surface area contributed by atoms with Crippen LogP contribution in [-0.4, -0.2) is 10.9 Å². The number of thiophene rings is 1. The van der Waals surface area contributed by atoms with E-state index in [0.717, 1.165) is 17.1 Å². The first kappa shape index (κ1) is 16.2. The number of carbonyl (C=O) groups excluding carboxylic acids is 1. The molecule has 2 heterocycles. The first-order chi connectivity index (χ1) is 11.7. The lowest BCUT2D eigenvalue weighted by Crippen LogP contribution is -2.14. The standard InChI is InChI=1S/C19H19N3OS/c1-14-4-6-15(7-5-14)12-20-16-8-9-18(21-13-16)22-19(23)11-17-3-2-10-24-17/h2-10,13,20H,11-12H2,1H3,(H,21,22,23). The number of aromatic nitrogens is 1. The summed E-state index contributed by atoms with van der Waals surface area (Å²) in [5.74, 6) is 0.516. The molecule has 3 aromatic rings. The van der Waals surface area contributed by atoms with Gasteiger partial charge in [0.1, 0.15) is 5.82 Å². The van der Waals surface area contributed by atoms with Gasteiger partial charge in [-0.2, -0.15) is 0 Å². The molecule has 0 fully saturated rings. The second-order valence-corrected chi connectivity index (χ2v) is 6.61. The lowest BCUT2D eigenvalue weighted by molar-refractivity contribution is -0.115. The number of hydrogen-bond donors (Lipinski definition) is 2. The molecule has 0 saturated carbocycles. The lowest BCUT2D eigenvalue weighted by Gasteiger charge is -2.08. The van der Waals surface area contributed by atoms with Gasteiger partial charge in [0, 0.05) is 11.4 Å². The van der Waals surface area contributed by atoms with Crippen molar-refractivity contribution < 1.29 is 4.79 Å². The number of aryl methyl sites for hydroxylation is 1. The Morgan fingerprint density at radius 2 is 1.96 bits per heavy atom. The highest BCUT2D eigenvalue weighted by Gasteiger charge is 2.05. The van der Waals surface area contributed by atoms with Gasteiger partial charge >= 0.3 is 0 Å². The molecule has 1 aromatic carbocycles. The summed E-state index contributed by atoms with van der Waals surface area (Å²) in [7, 11) is 0. The van der Waals surface area contributed by atoms with E-state index in [1.54, 1.807) is 17.5 Å². The third-order valence-corrected chi connectivity index (χ3v) is 4.44. The summed E-state index contributed by atoms with van der Waals surface area (Å²) in [6.45, 7) is 2.82. The van der Waals surface area contributed by atoms with Gasteiger partial charge in [-0.05, 0) is 36.1 Å². The molecule has 0 atom stereocenters. The van der Waals surface area contributed by atoms with Crippen LogP contribution in [0.25, 0.3) is 0 Å². The summed E-state index contributed by atoms with van der Waals surface area (Å²) in [6.07, 6.45) is 2.11. The molecule has 0 radical (unpaired) electrons. The number of amides is 1. The van der Waals surface area contributed by atoms with Crippen LogP contribution >= 0.6 is 11.3 Å². The minimum atomic E-state index is -0.0506. The second kappa shape index (κ2) is 7.75. The fraction of sp³-hybridized carbons (Fsp3) is 0.158. The van der Waals surface area contributed by atoms with Gasteiger partial charge in [0.25, 0.3) is 0 Å². The number of rotatable bonds is 6. The predicted octanol–water partition coefficient (Wildman–Crippen LogP) is 4.24. The van der Waals surface area contributed by atoms with E-state index in [0.29, 0.717) is 12.2 Å². The van der Waals surface area contributed by atoms with E-state index in [1.807, 2.05) is 29.6 Å². The SMILES string of the molecule is Cc1ccc(CNc2ccc(NC(=O)Cc3cccs3)nc2)cc1. The van der Waals surface area contributed by atoms with Gasteiger partial charge < -0.3 is 10.6 Å². The maximum absolute atomic E-state index is 11.9. The van der Waals surface area contributed by atoms with Gasteiger partial charge in [0.2, 0.25) is 5.91 Å². The molecule has 2 aromatic heterocycles. The average Bonchev–Trinajstić information content (AvgIpc) is 3.08. The quantitative estimate of drug-likeness (QED) is 0.707. The van der Waals surface area contributed by atoms with Crippen LogP contribution in [0.15, 0.2) is 60.1 Å². The normalized spacial score (nSPS) is 10.4. The average molecular weight is 337 g/mol. The Hall–Kier alpha value is -2.66. The number of nitrogens with one attached hydrogen (secondary N) is 2. The van der Waals surface area contributed by atoms with Crippen molar-refractivity contribution in [3.63, 3.8) is 0 Å². The van der Waals surface area contributed by atoms with Crippen molar-refractivity contribution in [2.75, 3.05) is 10.6 Å². The summed E-state index contributed by atoms with van der Waals surface area (Å²) < 4.78 is 0. The minimum absolute atomic E-state index is 0.0506. The van der Waals surface area contributed by atoms with Crippen LogP contribution in [-0.2, 0) is 17.8 Å². The number of nitrogens with zero attached hydrogens (tertiary/aromatic N) is 1. The molecule has 0 bridgehead atoms. The molecule has 2 N–H and O–H groups in total. The van der Waals surface area contributed by atoms with Gasteiger partial charge in [-0.15, -0.1) is 11.3 Å². The summed E-state index contributed by atoms with van der Waals surface area (Å²) in [5.41, 5.74) is 3.39. The van der Waals surface area contributed by atoms with Gasteiger partial charge in [-0.1, -0.05) is 35.9 Å². The number of carbonyl (C=O) groups is 1. The minimum Gasteiger partial charge on any atom is -0.380 e. The highest BCUT2D eigenvalue weighted by molar-refractivity contribution is 7.10. The molecule has 3 rings (SSSR count). The van der Waals surface area contributed by atoms with E-state index in [1.165, 1.54) is 11.1 Å². The van der Waals surface area contributed by atoms with Crippen molar-refractivity contribution in [3.8, 4) is 0 Å². The Morgan fingerprint density at radius 3 is 2.62 bits per heavy atom. The molecule has 122 valence electrons. The summed E-state index contributed by atoms with van der Waals surface area (Å²) in [6, 6.07) is 16.0. The van der Waals surface area contributed by atoms with E-state index in [9.17, 15) is 4.79 Å². The first-order valence-electron chi connectivity index (χ1n) is 7.77. The van der Waals surface area contributed by atoms with Crippen molar-refractivity contribution in [3.05, 3.63) is 76.1 Å². The summed E-state index contributed by atoms with van der Waals surface area (Å²) in [4.78, 5) is 17.3. The Bertz CT molecular complexity index is 780. The van der Waals surface area contributed by atoms with Crippen LogP contribution in [0.5, 0.6) is 0 Å². The molecule has 0 spiro atoms. The maximum atomic E-state index is 11.9. The Morgan fingerprint density at radius 1 is 1.12 bits per heavy atom. The zero-order valence-corrected chi connectivity index (χ0v) is 14.3. The van der Waals surface area contributed by atoms with Crippen LogP contribution in [0.1, 0.15) is 16.0 Å². The maximum Gasteiger partial charge on any atom is 0.230 e. The summed E-state index contributed by atoms with van der Waals surface area (Å²) >= 11 is 1.58. The fourth-order valence-electron chi connectivity index (χ4n) is 2.24. The van der Waals surface area contributed by atoms with Crippen molar-refractivity contribution in [1.82, 2.24) is 4.98 Å². The molecule has 0 aliphatic carbocycles. The van der Waals surface area contributed by atoms with Gasteiger partial charge in [-0.25, -0.2) is 4.98 Å². The molecule has 0 aliphatic heterocycles. The molecule has 0 aliphatic rings. The van der Waals surface area contributed by atoms with Crippen LogP contribution in [0.2, 0.25) is 0 Å². The van der Waals surface area contributed by atoms with E-state index in [-0.39, 0.29) is 5.91 Å². The largest absolute Gasteiger partial charge is 0.380 e. The molecule has 24 heavy (non-hydrogen) atoms. The van der Waals surface area contributed by atoms with E-state index in [2.05, 4.69) is 46.8 Å². The van der Waals surface area contributed by atoms with Crippen molar-refractivity contribution >= 4 is 28.7 Å². The topological polar surface area (TPSA) is 54.0 Å². The van der Waals surface area contributed by atoms with Crippen LogP contribution in [0.3, 0.4) is 0 Å². The zero-order chi connectivity index (χ0) is 16.8. The van der Waals surface area contributed by atoms with Gasteiger partial charge in [0.05, 0.1) is 18.3 Å². The van der Waals surface area contributed by atoms with Crippen molar-refractivity contribution in [2.45, 2.75) is 19.9 Å². The smallest absolute Gasteiger partial charge is 0.230 e. The Balaban J connectivity index is 1.51. The van der Waals surface area contributed by atoms with Crippen LogP contribution in [0, 0.1) is 6.92 Å². The van der Waals surface area contributed by atoms with Gasteiger partial charge in [0.15, 0.2) is 0 Å². The monoisotopic (exact) mass is 337 g/mol. The number of anilines is 2.